The van der Waals surface area contributed by atoms with E-state index in [0.29, 0.717) is 6.04 Å². The lowest BCUT2D eigenvalue weighted by atomic mass is 10.0. The highest BCUT2D eigenvalue weighted by atomic mass is 35.5. The van der Waals surface area contributed by atoms with E-state index in [1.807, 2.05) is 12.1 Å². The summed E-state index contributed by atoms with van der Waals surface area (Å²) in [5.41, 5.74) is 2.49. The molecule has 0 aliphatic heterocycles. The van der Waals surface area contributed by atoms with Crippen molar-refractivity contribution in [2.24, 2.45) is 0 Å². The molecule has 2 aromatic rings. The highest BCUT2D eigenvalue weighted by Crippen LogP contribution is 2.14. The van der Waals surface area contributed by atoms with Gasteiger partial charge in [-0.25, -0.2) is 4.98 Å². The van der Waals surface area contributed by atoms with Gasteiger partial charge in [0, 0.05) is 22.9 Å². The second-order valence-electron chi connectivity index (χ2n) is 4.65. The summed E-state index contributed by atoms with van der Waals surface area (Å²) < 4.78 is 0. The van der Waals surface area contributed by atoms with Crippen LogP contribution in [0.5, 0.6) is 0 Å². The summed E-state index contributed by atoms with van der Waals surface area (Å²) in [7, 11) is 0. The summed E-state index contributed by atoms with van der Waals surface area (Å²) in [5.74, 6) is 0. The molecule has 2 nitrogen and oxygen atoms in total. The molecule has 1 heterocycles. The third-order valence-electron chi connectivity index (χ3n) is 3.01. The SMILES string of the molecule is CCNC(Cc1ccc(Cl)cc1)Cc1csc(C)n1. The Balaban J connectivity index is 2.01. The number of nitrogens with one attached hydrogen (secondary N) is 1. The van der Waals surface area contributed by atoms with Crippen molar-refractivity contribution in [2.75, 3.05) is 6.54 Å². The molecule has 0 aliphatic carbocycles. The molecule has 19 heavy (non-hydrogen) atoms. The third-order valence-corrected chi connectivity index (χ3v) is 4.08. The number of nitrogens with zero attached hydrogens (tertiary/aromatic N) is 1. The molecule has 1 unspecified atom stereocenters. The van der Waals surface area contributed by atoms with Gasteiger partial charge in [0.25, 0.3) is 0 Å². The normalized spacial score (nSPS) is 12.6. The van der Waals surface area contributed by atoms with Gasteiger partial charge >= 0.3 is 0 Å². The number of halogens is 1. The fourth-order valence-electron chi connectivity index (χ4n) is 2.16. The molecule has 1 atom stereocenters. The van der Waals surface area contributed by atoms with Crippen molar-refractivity contribution in [1.29, 1.82) is 0 Å². The van der Waals surface area contributed by atoms with Gasteiger partial charge in [-0.2, -0.15) is 0 Å². The first kappa shape index (κ1) is 14.5. The van der Waals surface area contributed by atoms with Gasteiger partial charge in [0.1, 0.15) is 0 Å². The van der Waals surface area contributed by atoms with Crippen molar-refractivity contribution in [3.63, 3.8) is 0 Å². The van der Waals surface area contributed by atoms with Crippen molar-refractivity contribution in [1.82, 2.24) is 10.3 Å². The monoisotopic (exact) mass is 294 g/mol. The number of aromatic nitrogens is 1. The second-order valence-corrected chi connectivity index (χ2v) is 6.15. The Bertz CT molecular complexity index is 507. The molecule has 0 saturated heterocycles. The average molecular weight is 295 g/mol. The van der Waals surface area contributed by atoms with Gasteiger partial charge in [-0.3, -0.25) is 0 Å². The van der Waals surface area contributed by atoms with Crippen LogP contribution in [-0.2, 0) is 12.8 Å². The maximum atomic E-state index is 5.92. The Morgan fingerprint density at radius 2 is 2.00 bits per heavy atom. The van der Waals surface area contributed by atoms with E-state index >= 15 is 0 Å². The molecular weight excluding hydrogens is 276 g/mol. The Hall–Kier alpha value is -0.900. The third kappa shape index (κ3) is 4.60. The highest BCUT2D eigenvalue weighted by molar-refractivity contribution is 7.09. The van der Waals surface area contributed by atoms with E-state index in [1.165, 1.54) is 11.3 Å². The van der Waals surface area contributed by atoms with Crippen LogP contribution < -0.4 is 5.32 Å². The smallest absolute Gasteiger partial charge is 0.0897 e. The van der Waals surface area contributed by atoms with Gasteiger partial charge in [-0.05, 0) is 37.6 Å². The number of rotatable bonds is 6. The average Bonchev–Trinajstić information content (AvgIpc) is 2.78. The van der Waals surface area contributed by atoms with E-state index in [4.69, 9.17) is 11.6 Å². The number of hydrogen-bond acceptors (Lipinski definition) is 3. The first-order valence-electron chi connectivity index (χ1n) is 6.56. The summed E-state index contributed by atoms with van der Waals surface area (Å²) in [6, 6.07) is 8.52. The number of thiazole rings is 1. The molecular formula is C15H19ClN2S. The predicted molar refractivity (Wildman–Crippen MR) is 83.2 cm³/mol. The van der Waals surface area contributed by atoms with Crippen LogP contribution in [0, 0.1) is 6.92 Å². The topological polar surface area (TPSA) is 24.9 Å². The molecule has 0 amide bonds. The summed E-state index contributed by atoms with van der Waals surface area (Å²) in [6.07, 6.45) is 1.97. The lowest BCUT2D eigenvalue weighted by Gasteiger charge is -2.17. The molecule has 0 radical (unpaired) electrons. The van der Waals surface area contributed by atoms with Gasteiger partial charge in [-0.15, -0.1) is 11.3 Å². The highest BCUT2D eigenvalue weighted by Gasteiger charge is 2.11. The van der Waals surface area contributed by atoms with Gasteiger partial charge in [0.2, 0.25) is 0 Å². The van der Waals surface area contributed by atoms with E-state index in [-0.39, 0.29) is 0 Å². The number of benzene rings is 1. The summed E-state index contributed by atoms with van der Waals surface area (Å²) >= 11 is 7.63. The van der Waals surface area contributed by atoms with Crippen LogP contribution in [0.1, 0.15) is 23.2 Å². The van der Waals surface area contributed by atoms with E-state index in [0.717, 1.165) is 29.4 Å². The molecule has 1 aromatic carbocycles. The molecule has 102 valence electrons. The number of aryl methyl sites for hydroxylation is 1. The zero-order valence-electron chi connectivity index (χ0n) is 11.3. The van der Waals surface area contributed by atoms with Gasteiger partial charge in [0.05, 0.1) is 10.7 Å². The Morgan fingerprint density at radius 1 is 1.26 bits per heavy atom. The molecule has 0 spiro atoms. The Labute approximate surface area is 123 Å². The quantitative estimate of drug-likeness (QED) is 0.875. The predicted octanol–water partition coefficient (Wildman–Crippen LogP) is 3.87. The summed E-state index contributed by atoms with van der Waals surface area (Å²) in [5, 5.41) is 7.62. The minimum absolute atomic E-state index is 0.424. The largest absolute Gasteiger partial charge is 0.314 e. The van der Waals surface area contributed by atoms with Crippen molar-refractivity contribution in [3.05, 3.63) is 50.9 Å². The van der Waals surface area contributed by atoms with Gasteiger partial charge in [0.15, 0.2) is 0 Å². The first-order chi connectivity index (χ1) is 9.17. The number of hydrogen-bond donors (Lipinski definition) is 1. The molecule has 0 fully saturated rings. The molecule has 1 N–H and O–H groups in total. The molecule has 2 rings (SSSR count). The van der Waals surface area contributed by atoms with Crippen LogP contribution in [0.25, 0.3) is 0 Å². The van der Waals surface area contributed by atoms with E-state index < -0.39 is 0 Å². The second kappa shape index (κ2) is 7.04. The molecule has 1 aromatic heterocycles. The van der Waals surface area contributed by atoms with E-state index in [1.54, 1.807) is 11.3 Å². The van der Waals surface area contributed by atoms with Crippen molar-refractivity contribution >= 4 is 22.9 Å². The van der Waals surface area contributed by atoms with E-state index in [9.17, 15) is 0 Å². The van der Waals surface area contributed by atoms with E-state index in [2.05, 4.69) is 41.7 Å². The van der Waals surface area contributed by atoms with Gasteiger partial charge in [-0.1, -0.05) is 30.7 Å². The van der Waals surface area contributed by atoms with Gasteiger partial charge < -0.3 is 5.32 Å². The fraction of sp³-hybridized carbons (Fsp3) is 0.400. The molecule has 0 bridgehead atoms. The standard InChI is InChI=1S/C15H19ClN2S/c1-3-17-14(9-15-10-19-11(2)18-15)8-12-4-6-13(16)7-5-12/h4-7,10,14,17H,3,8-9H2,1-2H3. The molecule has 4 heteroatoms. The first-order valence-corrected chi connectivity index (χ1v) is 7.82. The Morgan fingerprint density at radius 3 is 2.58 bits per heavy atom. The summed E-state index contributed by atoms with van der Waals surface area (Å²) in [4.78, 5) is 4.55. The van der Waals surface area contributed by atoms with Crippen LogP contribution >= 0.6 is 22.9 Å². The van der Waals surface area contributed by atoms with Crippen molar-refractivity contribution in [3.8, 4) is 0 Å². The lowest BCUT2D eigenvalue weighted by molar-refractivity contribution is 0.517. The molecule has 0 aliphatic rings. The maximum absolute atomic E-state index is 5.92. The zero-order valence-corrected chi connectivity index (χ0v) is 12.9. The summed E-state index contributed by atoms with van der Waals surface area (Å²) in [6.45, 7) is 5.16. The van der Waals surface area contributed by atoms with Crippen molar-refractivity contribution in [2.45, 2.75) is 32.7 Å². The van der Waals surface area contributed by atoms with Crippen LogP contribution in [0.3, 0.4) is 0 Å². The maximum Gasteiger partial charge on any atom is 0.0897 e. The van der Waals surface area contributed by atoms with Crippen LogP contribution in [0.2, 0.25) is 5.02 Å². The minimum Gasteiger partial charge on any atom is -0.314 e. The fourth-order valence-corrected chi connectivity index (χ4v) is 2.92. The van der Waals surface area contributed by atoms with Crippen LogP contribution in [0.15, 0.2) is 29.6 Å². The zero-order chi connectivity index (χ0) is 13.7. The van der Waals surface area contributed by atoms with Crippen LogP contribution in [-0.4, -0.2) is 17.6 Å². The van der Waals surface area contributed by atoms with Crippen LogP contribution in [0.4, 0.5) is 0 Å². The lowest BCUT2D eigenvalue weighted by Crippen LogP contribution is -2.33. The number of likely N-dealkylation sites (N-methyl/N-ethyl adjacent to an activating group) is 1. The van der Waals surface area contributed by atoms with Crippen molar-refractivity contribution < 1.29 is 0 Å². The molecule has 0 saturated carbocycles. The Kier molecular flexibility index (Phi) is 5.37. The minimum atomic E-state index is 0.424.